The van der Waals surface area contributed by atoms with E-state index in [2.05, 4.69) is 29.6 Å². The molecule has 0 bridgehead atoms. The van der Waals surface area contributed by atoms with Gasteiger partial charge in [-0.05, 0) is 29.9 Å². The molecule has 1 saturated carbocycles. The minimum Gasteiger partial charge on any atom is -0.481 e. The van der Waals surface area contributed by atoms with Crippen LogP contribution in [0.2, 0.25) is 0 Å². The van der Waals surface area contributed by atoms with E-state index in [-0.39, 0.29) is 6.42 Å². The molecule has 0 saturated heterocycles. The van der Waals surface area contributed by atoms with Crippen molar-refractivity contribution in [3.05, 3.63) is 35.4 Å². The molecular formula is C16H23NO2. The third-order valence-corrected chi connectivity index (χ3v) is 3.90. The van der Waals surface area contributed by atoms with Crippen LogP contribution in [0, 0.1) is 0 Å². The second-order valence-electron chi connectivity index (χ2n) is 5.40. The van der Waals surface area contributed by atoms with Crippen LogP contribution in [-0.4, -0.2) is 17.6 Å². The highest BCUT2D eigenvalue weighted by molar-refractivity contribution is 5.66. The van der Waals surface area contributed by atoms with Gasteiger partial charge < -0.3 is 10.4 Å². The molecule has 1 fully saturated rings. The van der Waals surface area contributed by atoms with Crippen LogP contribution < -0.4 is 5.32 Å². The van der Waals surface area contributed by atoms with Crippen LogP contribution in [0.4, 0.5) is 0 Å². The molecule has 1 aliphatic carbocycles. The molecule has 0 aromatic heterocycles. The molecule has 19 heavy (non-hydrogen) atoms. The summed E-state index contributed by atoms with van der Waals surface area (Å²) in [6, 6.07) is 8.81. The zero-order chi connectivity index (χ0) is 13.5. The first-order valence-corrected chi connectivity index (χ1v) is 7.27. The van der Waals surface area contributed by atoms with E-state index in [0.717, 1.165) is 12.5 Å². The Kier molecular flexibility index (Phi) is 5.40. The SMILES string of the molecule is O=C(O)CCNCc1ccc(C2CCCCC2)cc1. The van der Waals surface area contributed by atoms with Crippen molar-refractivity contribution >= 4 is 5.97 Å². The van der Waals surface area contributed by atoms with Gasteiger partial charge in [-0.3, -0.25) is 4.79 Å². The molecule has 104 valence electrons. The van der Waals surface area contributed by atoms with Crippen molar-refractivity contribution in [1.29, 1.82) is 0 Å². The zero-order valence-electron chi connectivity index (χ0n) is 11.4. The van der Waals surface area contributed by atoms with E-state index in [9.17, 15) is 4.79 Å². The number of benzene rings is 1. The van der Waals surface area contributed by atoms with E-state index >= 15 is 0 Å². The molecule has 1 aromatic carbocycles. The van der Waals surface area contributed by atoms with Gasteiger partial charge in [0.05, 0.1) is 6.42 Å². The van der Waals surface area contributed by atoms with Crippen molar-refractivity contribution in [3.63, 3.8) is 0 Å². The van der Waals surface area contributed by atoms with Gasteiger partial charge >= 0.3 is 5.97 Å². The Hall–Kier alpha value is -1.35. The van der Waals surface area contributed by atoms with Crippen LogP contribution in [0.3, 0.4) is 0 Å². The molecule has 0 heterocycles. The van der Waals surface area contributed by atoms with Crippen molar-refractivity contribution in [1.82, 2.24) is 5.32 Å². The summed E-state index contributed by atoms with van der Waals surface area (Å²) >= 11 is 0. The predicted molar refractivity (Wildman–Crippen MR) is 76.2 cm³/mol. The maximum atomic E-state index is 10.4. The van der Waals surface area contributed by atoms with Crippen molar-refractivity contribution in [2.24, 2.45) is 0 Å². The van der Waals surface area contributed by atoms with Crippen molar-refractivity contribution in [3.8, 4) is 0 Å². The second-order valence-corrected chi connectivity index (χ2v) is 5.40. The lowest BCUT2D eigenvalue weighted by Gasteiger charge is -2.22. The molecule has 0 radical (unpaired) electrons. The van der Waals surface area contributed by atoms with E-state index in [0.29, 0.717) is 6.54 Å². The maximum absolute atomic E-state index is 10.4. The number of carboxylic acid groups (broad SMARTS) is 1. The smallest absolute Gasteiger partial charge is 0.304 e. The van der Waals surface area contributed by atoms with Crippen molar-refractivity contribution < 1.29 is 9.90 Å². The first-order valence-electron chi connectivity index (χ1n) is 7.27. The fourth-order valence-corrected chi connectivity index (χ4v) is 2.77. The summed E-state index contributed by atoms with van der Waals surface area (Å²) in [4.78, 5) is 10.4. The fraction of sp³-hybridized carbons (Fsp3) is 0.562. The molecule has 1 aromatic rings. The predicted octanol–water partition coefficient (Wildman–Crippen LogP) is 3.30. The lowest BCUT2D eigenvalue weighted by molar-refractivity contribution is -0.136. The summed E-state index contributed by atoms with van der Waals surface area (Å²) in [6.45, 7) is 1.28. The average Bonchev–Trinajstić information content (AvgIpc) is 2.45. The molecular weight excluding hydrogens is 238 g/mol. The van der Waals surface area contributed by atoms with Crippen LogP contribution in [0.5, 0.6) is 0 Å². The number of rotatable bonds is 6. The van der Waals surface area contributed by atoms with Gasteiger partial charge in [0.15, 0.2) is 0 Å². The van der Waals surface area contributed by atoms with Crippen LogP contribution >= 0.6 is 0 Å². The summed E-state index contributed by atoms with van der Waals surface area (Å²) < 4.78 is 0. The summed E-state index contributed by atoms with van der Waals surface area (Å²) in [5.74, 6) is 0.00270. The lowest BCUT2D eigenvalue weighted by atomic mass is 9.84. The Labute approximate surface area is 115 Å². The number of carbonyl (C=O) groups is 1. The molecule has 0 spiro atoms. The Balaban J connectivity index is 1.79. The molecule has 0 atom stereocenters. The van der Waals surface area contributed by atoms with Gasteiger partial charge in [0.25, 0.3) is 0 Å². The average molecular weight is 261 g/mol. The molecule has 3 nitrogen and oxygen atoms in total. The fourth-order valence-electron chi connectivity index (χ4n) is 2.77. The molecule has 2 rings (SSSR count). The van der Waals surface area contributed by atoms with E-state index in [1.165, 1.54) is 43.2 Å². The Morgan fingerprint density at radius 3 is 2.47 bits per heavy atom. The molecule has 0 aliphatic heterocycles. The highest BCUT2D eigenvalue weighted by Gasteiger charge is 2.14. The highest BCUT2D eigenvalue weighted by Crippen LogP contribution is 2.32. The largest absolute Gasteiger partial charge is 0.481 e. The van der Waals surface area contributed by atoms with Crippen LogP contribution in [0.15, 0.2) is 24.3 Å². The standard InChI is InChI=1S/C16H23NO2/c18-16(19)10-11-17-12-13-6-8-15(9-7-13)14-4-2-1-3-5-14/h6-9,14,17H,1-5,10-12H2,(H,18,19). The summed E-state index contributed by atoms with van der Waals surface area (Å²) in [6.07, 6.45) is 6.96. The second kappa shape index (κ2) is 7.29. The monoisotopic (exact) mass is 261 g/mol. The molecule has 0 unspecified atom stereocenters. The Morgan fingerprint density at radius 1 is 1.16 bits per heavy atom. The van der Waals surface area contributed by atoms with Crippen molar-refractivity contribution in [2.45, 2.75) is 51.0 Å². The van der Waals surface area contributed by atoms with Crippen LogP contribution in [0.25, 0.3) is 0 Å². The Morgan fingerprint density at radius 2 is 1.84 bits per heavy atom. The van der Waals surface area contributed by atoms with Gasteiger partial charge in [-0.25, -0.2) is 0 Å². The first kappa shape index (κ1) is 14.1. The minimum atomic E-state index is -0.750. The van der Waals surface area contributed by atoms with Gasteiger partial charge in [-0.1, -0.05) is 43.5 Å². The van der Waals surface area contributed by atoms with Gasteiger partial charge in [-0.15, -0.1) is 0 Å². The molecule has 2 N–H and O–H groups in total. The molecule has 1 aliphatic rings. The van der Waals surface area contributed by atoms with Gasteiger partial charge in [0, 0.05) is 13.1 Å². The summed E-state index contributed by atoms with van der Waals surface area (Å²) in [5.41, 5.74) is 2.69. The van der Waals surface area contributed by atoms with Gasteiger partial charge in [0.2, 0.25) is 0 Å². The Bertz CT molecular complexity index is 394. The zero-order valence-corrected chi connectivity index (χ0v) is 11.4. The van der Waals surface area contributed by atoms with E-state index in [1.807, 2.05) is 0 Å². The van der Waals surface area contributed by atoms with Gasteiger partial charge in [-0.2, -0.15) is 0 Å². The number of carboxylic acids is 1. The quantitative estimate of drug-likeness (QED) is 0.772. The lowest BCUT2D eigenvalue weighted by Crippen LogP contribution is -2.17. The molecule has 3 heteroatoms. The van der Waals surface area contributed by atoms with Gasteiger partial charge in [0.1, 0.15) is 0 Å². The number of hydrogen-bond donors (Lipinski definition) is 2. The van der Waals surface area contributed by atoms with Crippen molar-refractivity contribution in [2.75, 3.05) is 6.54 Å². The highest BCUT2D eigenvalue weighted by atomic mass is 16.4. The molecule has 0 amide bonds. The first-order chi connectivity index (χ1) is 9.25. The number of nitrogens with one attached hydrogen (secondary N) is 1. The van der Waals surface area contributed by atoms with E-state index < -0.39 is 5.97 Å². The maximum Gasteiger partial charge on any atom is 0.304 e. The van der Waals surface area contributed by atoms with Crippen LogP contribution in [-0.2, 0) is 11.3 Å². The topological polar surface area (TPSA) is 49.3 Å². The summed E-state index contributed by atoms with van der Waals surface area (Å²) in [5, 5.41) is 11.7. The number of aliphatic carboxylic acids is 1. The third kappa shape index (κ3) is 4.67. The minimum absolute atomic E-state index is 0.181. The summed E-state index contributed by atoms with van der Waals surface area (Å²) in [7, 11) is 0. The third-order valence-electron chi connectivity index (χ3n) is 3.90. The number of hydrogen-bond acceptors (Lipinski definition) is 2. The van der Waals surface area contributed by atoms with Crippen LogP contribution in [0.1, 0.15) is 55.6 Å². The van der Waals surface area contributed by atoms with E-state index in [4.69, 9.17) is 5.11 Å². The normalized spacial score (nSPS) is 16.4. The van der Waals surface area contributed by atoms with E-state index in [1.54, 1.807) is 0 Å².